The molecule has 0 aliphatic carbocycles. The van der Waals surface area contributed by atoms with E-state index in [1.54, 1.807) is 0 Å². The topological polar surface area (TPSA) is 36.0 Å². The Morgan fingerprint density at radius 3 is 2.22 bits per heavy atom. The van der Waals surface area contributed by atoms with Crippen molar-refractivity contribution in [1.29, 1.82) is 0 Å². The summed E-state index contributed by atoms with van der Waals surface area (Å²) in [5.74, 6) is 0.236. The molecule has 0 spiro atoms. The second-order valence-corrected chi connectivity index (χ2v) is 6.61. The van der Waals surface area contributed by atoms with Crippen LogP contribution in [0.5, 0.6) is 0 Å². The first-order chi connectivity index (χ1) is 11.2. The Kier molecular flexibility index (Phi) is 5.89. The summed E-state index contributed by atoms with van der Waals surface area (Å²) in [6.07, 6.45) is 0. The maximum Gasteiger partial charge on any atom is 0.236 e. The lowest BCUT2D eigenvalue weighted by molar-refractivity contribution is -0.136. The summed E-state index contributed by atoms with van der Waals surface area (Å²) in [4.78, 5) is 18.9. The van der Waals surface area contributed by atoms with Gasteiger partial charge in [-0.15, -0.1) is 0 Å². The number of halogens is 1. The number of benzene rings is 1. The number of carbonyl (C=O) groups excluding carboxylic acids is 1. The molecule has 23 heavy (non-hydrogen) atoms. The first kappa shape index (κ1) is 16.7. The van der Waals surface area contributed by atoms with E-state index in [9.17, 15) is 4.79 Å². The Balaban J connectivity index is 1.41. The highest BCUT2D eigenvalue weighted by atomic mass is 35.5. The summed E-state index contributed by atoms with van der Waals surface area (Å²) in [5, 5.41) is 0.778. The highest BCUT2D eigenvalue weighted by Gasteiger charge is 2.22. The molecule has 0 unspecified atom stereocenters. The molecule has 1 amide bonds. The van der Waals surface area contributed by atoms with Crippen molar-refractivity contribution in [3.8, 4) is 0 Å². The highest BCUT2D eigenvalue weighted by molar-refractivity contribution is 6.30. The molecule has 2 heterocycles. The summed E-state index contributed by atoms with van der Waals surface area (Å²) in [5.41, 5.74) is 1.28. The predicted molar refractivity (Wildman–Crippen MR) is 90.6 cm³/mol. The second kappa shape index (κ2) is 8.11. The number of amides is 1. The van der Waals surface area contributed by atoms with Crippen LogP contribution in [0.2, 0.25) is 5.02 Å². The van der Waals surface area contributed by atoms with E-state index in [2.05, 4.69) is 21.9 Å². The van der Waals surface area contributed by atoms with Crippen LogP contribution >= 0.6 is 11.6 Å². The number of piperazine rings is 1. The first-order valence-electron chi connectivity index (χ1n) is 8.25. The Labute approximate surface area is 142 Å². The van der Waals surface area contributed by atoms with Gasteiger partial charge in [-0.05, 0) is 17.7 Å². The van der Waals surface area contributed by atoms with Crippen molar-refractivity contribution in [3.05, 3.63) is 34.9 Å². The molecule has 0 atom stereocenters. The van der Waals surface area contributed by atoms with Crippen molar-refractivity contribution in [2.45, 2.75) is 6.54 Å². The van der Waals surface area contributed by atoms with Gasteiger partial charge in [0.05, 0.1) is 19.8 Å². The van der Waals surface area contributed by atoms with E-state index in [0.717, 1.165) is 50.8 Å². The predicted octanol–water partition coefficient (Wildman–Crippen LogP) is 1.32. The van der Waals surface area contributed by atoms with Crippen LogP contribution in [0, 0.1) is 0 Å². The standard InChI is InChI=1S/C17H24ClN3O2/c18-16-3-1-15(2-4-16)13-19-5-7-20(8-6-19)14-17(22)21-9-11-23-12-10-21/h1-4H,5-14H2. The van der Waals surface area contributed by atoms with Crippen molar-refractivity contribution in [3.63, 3.8) is 0 Å². The molecule has 2 aliphatic rings. The largest absolute Gasteiger partial charge is 0.378 e. The number of hydrogen-bond donors (Lipinski definition) is 0. The third-order valence-electron chi connectivity index (χ3n) is 4.51. The van der Waals surface area contributed by atoms with E-state index in [1.807, 2.05) is 17.0 Å². The van der Waals surface area contributed by atoms with Gasteiger partial charge in [-0.3, -0.25) is 14.6 Å². The molecule has 0 radical (unpaired) electrons. The lowest BCUT2D eigenvalue weighted by Gasteiger charge is -2.36. The van der Waals surface area contributed by atoms with Gasteiger partial charge in [0.1, 0.15) is 0 Å². The van der Waals surface area contributed by atoms with Crippen LogP contribution in [-0.4, -0.2) is 79.6 Å². The van der Waals surface area contributed by atoms with E-state index in [0.29, 0.717) is 19.8 Å². The third-order valence-corrected chi connectivity index (χ3v) is 4.76. The van der Waals surface area contributed by atoms with Gasteiger partial charge in [0, 0.05) is 50.8 Å². The SMILES string of the molecule is O=C(CN1CCN(Cc2ccc(Cl)cc2)CC1)N1CCOCC1. The van der Waals surface area contributed by atoms with Crippen LogP contribution in [0.15, 0.2) is 24.3 Å². The molecule has 2 aliphatic heterocycles. The lowest BCUT2D eigenvalue weighted by atomic mass is 10.2. The van der Waals surface area contributed by atoms with E-state index < -0.39 is 0 Å². The average molecular weight is 338 g/mol. The number of hydrogen-bond acceptors (Lipinski definition) is 4. The molecule has 0 N–H and O–H groups in total. The first-order valence-corrected chi connectivity index (χ1v) is 8.63. The minimum absolute atomic E-state index is 0.236. The van der Waals surface area contributed by atoms with Gasteiger partial charge < -0.3 is 9.64 Å². The summed E-state index contributed by atoms with van der Waals surface area (Å²) in [6, 6.07) is 8.04. The zero-order valence-corrected chi connectivity index (χ0v) is 14.2. The molecule has 5 nitrogen and oxygen atoms in total. The van der Waals surface area contributed by atoms with E-state index in [1.165, 1.54) is 5.56 Å². The summed E-state index contributed by atoms with van der Waals surface area (Å²) in [7, 11) is 0. The maximum absolute atomic E-state index is 12.3. The zero-order valence-electron chi connectivity index (χ0n) is 13.4. The zero-order chi connectivity index (χ0) is 16.1. The van der Waals surface area contributed by atoms with Crippen molar-refractivity contribution in [1.82, 2.24) is 14.7 Å². The van der Waals surface area contributed by atoms with Crippen molar-refractivity contribution in [2.75, 3.05) is 59.0 Å². The van der Waals surface area contributed by atoms with Crippen LogP contribution < -0.4 is 0 Å². The van der Waals surface area contributed by atoms with Gasteiger partial charge >= 0.3 is 0 Å². The van der Waals surface area contributed by atoms with Crippen molar-refractivity contribution >= 4 is 17.5 Å². The summed E-state index contributed by atoms with van der Waals surface area (Å²) in [6.45, 7) is 8.18. The molecule has 3 rings (SSSR count). The van der Waals surface area contributed by atoms with Gasteiger partial charge in [0.25, 0.3) is 0 Å². The molecule has 0 aromatic heterocycles. The third kappa shape index (κ3) is 4.91. The molecule has 2 saturated heterocycles. The number of nitrogens with zero attached hydrogens (tertiary/aromatic N) is 3. The Hall–Kier alpha value is -1.14. The van der Waals surface area contributed by atoms with Crippen LogP contribution in [-0.2, 0) is 16.1 Å². The van der Waals surface area contributed by atoms with Gasteiger partial charge in [0.15, 0.2) is 0 Å². The fraction of sp³-hybridized carbons (Fsp3) is 0.588. The quantitative estimate of drug-likeness (QED) is 0.830. The Morgan fingerprint density at radius 2 is 1.57 bits per heavy atom. The molecule has 0 bridgehead atoms. The summed E-state index contributed by atoms with van der Waals surface area (Å²) < 4.78 is 5.30. The highest BCUT2D eigenvalue weighted by Crippen LogP contribution is 2.13. The minimum atomic E-state index is 0.236. The van der Waals surface area contributed by atoms with Crippen molar-refractivity contribution in [2.24, 2.45) is 0 Å². The molecule has 1 aromatic rings. The van der Waals surface area contributed by atoms with E-state index >= 15 is 0 Å². The molecular formula is C17H24ClN3O2. The van der Waals surface area contributed by atoms with Gasteiger partial charge in [-0.2, -0.15) is 0 Å². The fourth-order valence-electron chi connectivity index (χ4n) is 3.06. The molecule has 6 heteroatoms. The second-order valence-electron chi connectivity index (χ2n) is 6.17. The van der Waals surface area contributed by atoms with Gasteiger partial charge in [0.2, 0.25) is 5.91 Å². The average Bonchev–Trinajstić information content (AvgIpc) is 2.59. The van der Waals surface area contributed by atoms with Crippen LogP contribution in [0.4, 0.5) is 0 Å². The van der Waals surface area contributed by atoms with Crippen LogP contribution in [0.25, 0.3) is 0 Å². The number of rotatable bonds is 4. The Morgan fingerprint density at radius 1 is 0.957 bits per heavy atom. The van der Waals surface area contributed by atoms with Gasteiger partial charge in [-0.25, -0.2) is 0 Å². The normalized spacial score (nSPS) is 20.7. The molecule has 0 saturated carbocycles. The number of morpholine rings is 1. The molecule has 1 aromatic carbocycles. The summed E-state index contributed by atoms with van der Waals surface area (Å²) >= 11 is 5.92. The molecule has 126 valence electrons. The Bertz CT molecular complexity index is 509. The fourth-order valence-corrected chi connectivity index (χ4v) is 3.18. The van der Waals surface area contributed by atoms with Gasteiger partial charge in [-0.1, -0.05) is 23.7 Å². The van der Waals surface area contributed by atoms with E-state index in [-0.39, 0.29) is 5.91 Å². The number of carbonyl (C=O) groups is 1. The maximum atomic E-state index is 12.3. The number of ether oxygens (including phenoxy) is 1. The minimum Gasteiger partial charge on any atom is -0.378 e. The molecular weight excluding hydrogens is 314 g/mol. The van der Waals surface area contributed by atoms with E-state index in [4.69, 9.17) is 16.3 Å². The monoisotopic (exact) mass is 337 g/mol. The van der Waals surface area contributed by atoms with Crippen molar-refractivity contribution < 1.29 is 9.53 Å². The lowest BCUT2D eigenvalue weighted by Crippen LogP contribution is -2.51. The molecule has 2 fully saturated rings. The van der Waals surface area contributed by atoms with Crippen LogP contribution in [0.1, 0.15) is 5.56 Å². The smallest absolute Gasteiger partial charge is 0.236 e. The van der Waals surface area contributed by atoms with Crippen LogP contribution in [0.3, 0.4) is 0 Å².